The summed E-state index contributed by atoms with van der Waals surface area (Å²) in [6, 6.07) is 19.8. The lowest BCUT2D eigenvalue weighted by Gasteiger charge is -2.16. The van der Waals surface area contributed by atoms with Crippen molar-refractivity contribution in [3.05, 3.63) is 95.3 Å². The fourth-order valence-electron chi connectivity index (χ4n) is 2.85. The van der Waals surface area contributed by atoms with Crippen LogP contribution in [-0.2, 0) is 13.2 Å². The number of hydrogen-bond donors (Lipinski definition) is 2. The lowest BCUT2D eigenvalue weighted by Crippen LogP contribution is -2.22. The predicted molar refractivity (Wildman–Crippen MR) is 103 cm³/mol. The van der Waals surface area contributed by atoms with Crippen molar-refractivity contribution in [2.75, 3.05) is 6.54 Å². The Balaban J connectivity index is 1.56. The quantitative estimate of drug-likeness (QED) is 0.650. The van der Waals surface area contributed by atoms with Crippen LogP contribution in [0.4, 0.5) is 0 Å². The van der Waals surface area contributed by atoms with Crippen molar-refractivity contribution in [2.24, 2.45) is 0 Å². The number of nitrogens with one attached hydrogen (secondary N) is 1. The van der Waals surface area contributed by atoms with E-state index < -0.39 is 6.10 Å². The van der Waals surface area contributed by atoms with Crippen LogP contribution in [0.5, 0.6) is 5.75 Å². The average molecular weight is 348 g/mol. The second kappa shape index (κ2) is 9.13. The number of para-hydroxylation sites is 1. The number of aryl methyl sites for hydroxylation is 1. The average Bonchev–Trinajstić information content (AvgIpc) is 2.68. The molecule has 0 aliphatic rings. The Morgan fingerprint density at radius 1 is 1.04 bits per heavy atom. The molecule has 3 aromatic rings. The molecular formula is C22H24N2O2. The Bertz CT molecular complexity index is 821. The van der Waals surface area contributed by atoms with Crippen molar-refractivity contribution < 1.29 is 9.84 Å². The Labute approximate surface area is 154 Å². The topological polar surface area (TPSA) is 54.4 Å². The van der Waals surface area contributed by atoms with Gasteiger partial charge in [0.05, 0.1) is 6.10 Å². The van der Waals surface area contributed by atoms with E-state index in [0.29, 0.717) is 19.7 Å². The summed E-state index contributed by atoms with van der Waals surface area (Å²) in [4.78, 5) is 4.10. The van der Waals surface area contributed by atoms with Crippen molar-refractivity contribution in [2.45, 2.75) is 26.2 Å². The Morgan fingerprint density at radius 2 is 1.85 bits per heavy atom. The minimum atomic E-state index is -0.528. The molecule has 4 nitrogen and oxygen atoms in total. The predicted octanol–water partition coefficient (Wildman–Crippen LogP) is 3.79. The molecule has 1 unspecified atom stereocenters. The zero-order chi connectivity index (χ0) is 18.2. The molecule has 26 heavy (non-hydrogen) atoms. The maximum atomic E-state index is 10.4. The van der Waals surface area contributed by atoms with Gasteiger partial charge in [-0.15, -0.1) is 0 Å². The van der Waals surface area contributed by atoms with Crippen molar-refractivity contribution in [1.82, 2.24) is 10.3 Å². The van der Waals surface area contributed by atoms with Gasteiger partial charge >= 0.3 is 0 Å². The molecule has 0 amide bonds. The van der Waals surface area contributed by atoms with E-state index in [9.17, 15) is 5.11 Å². The number of aliphatic hydroxyl groups is 1. The van der Waals surface area contributed by atoms with Gasteiger partial charge in [-0.2, -0.15) is 0 Å². The molecule has 2 N–H and O–H groups in total. The fraction of sp³-hybridized carbons (Fsp3) is 0.227. The highest BCUT2D eigenvalue weighted by atomic mass is 16.5. The first-order valence-corrected chi connectivity index (χ1v) is 8.78. The summed E-state index contributed by atoms with van der Waals surface area (Å²) in [5.41, 5.74) is 4.15. The molecule has 2 aromatic carbocycles. The van der Waals surface area contributed by atoms with Gasteiger partial charge in [-0.1, -0.05) is 48.5 Å². The van der Waals surface area contributed by atoms with Gasteiger partial charge in [0.1, 0.15) is 12.4 Å². The summed E-state index contributed by atoms with van der Waals surface area (Å²) >= 11 is 0. The lowest BCUT2D eigenvalue weighted by molar-refractivity contribution is 0.173. The van der Waals surface area contributed by atoms with E-state index in [1.54, 1.807) is 12.4 Å². The van der Waals surface area contributed by atoms with E-state index in [1.807, 2.05) is 67.6 Å². The van der Waals surface area contributed by atoms with Gasteiger partial charge < -0.3 is 15.2 Å². The van der Waals surface area contributed by atoms with Crippen molar-refractivity contribution >= 4 is 0 Å². The van der Waals surface area contributed by atoms with Crippen LogP contribution in [-0.4, -0.2) is 16.6 Å². The molecule has 0 spiro atoms. The van der Waals surface area contributed by atoms with Crippen LogP contribution in [0.15, 0.2) is 73.1 Å². The number of aromatic nitrogens is 1. The third-order valence-electron chi connectivity index (χ3n) is 4.29. The normalized spacial score (nSPS) is 11.9. The number of ether oxygens (including phenoxy) is 1. The highest BCUT2D eigenvalue weighted by molar-refractivity contribution is 5.33. The van der Waals surface area contributed by atoms with Crippen LogP contribution in [0, 0.1) is 6.92 Å². The van der Waals surface area contributed by atoms with Gasteiger partial charge in [0.2, 0.25) is 0 Å². The largest absolute Gasteiger partial charge is 0.489 e. The van der Waals surface area contributed by atoms with Gasteiger partial charge in [0.25, 0.3) is 0 Å². The van der Waals surface area contributed by atoms with Crippen LogP contribution in [0.3, 0.4) is 0 Å². The highest BCUT2D eigenvalue weighted by Crippen LogP contribution is 2.20. The van der Waals surface area contributed by atoms with E-state index in [-0.39, 0.29) is 0 Å². The minimum Gasteiger partial charge on any atom is -0.489 e. The summed E-state index contributed by atoms with van der Waals surface area (Å²) in [6.07, 6.45) is 3.03. The second-order valence-electron chi connectivity index (χ2n) is 6.26. The monoisotopic (exact) mass is 348 g/mol. The first kappa shape index (κ1) is 18.1. The van der Waals surface area contributed by atoms with Gasteiger partial charge in [0, 0.05) is 36.6 Å². The van der Waals surface area contributed by atoms with Crippen molar-refractivity contribution in [3.8, 4) is 5.75 Å². The van der Waals surface area contributed by atoms with Crippen molar-refractivity contribution in [1.29, 1.82) is 0 Å². The van der Waals surface area contributed by atoms with E-state index in [2.05, 4.69) is 10.3 Å². The number of rotatable bonds is 8. The minimum absolute atomic E-state index is 0.483. The smallest absolute Gasteiger partial charge is 0.124 e. The molecule has 3 rings (SSSR count). The van der Waals surface area contributed by atoms with E-state index in [0.717, 1.165) is 28.0 Å². The Kier molecular flexibility index (Phi) is 6.36. The van der Waals surface area contributed by atoms with Gasteiger partial charge in [0.15, 0.2) is 0 Å². The maximum absolute atomic E-state index is 10.4. The van der Waals surface area contributed by atoms with E-state index in [1.165, 1.54) is 0 Å². The summed E-state index contributed by atoms with van der Waals surface area (Å²) in [5.74, 6) is 0.842. The third-order valence-corrected chi connectivity index (χ3v) is 4.29. The van der Waals surface area contributed by atoms with Crippen molar-refractivity contribution in [3.63, 3.8) is 0 Å². The number of pyridine rings is 1. The molecule has 0 saturated carbocycles. The molecule has 0 saturated heterocycles. The summed E-state index contributed by atoms with van der Waals surface area (Å²) in [7, 11) is 0. The van der Waals surface area contributed by atoms with Crippen LogP contribution in [0.25, 0.3) is 0 Å². The molecule has 0 bridgehead atoms. The summed E-state index contributed by atoms with van der Waals surface area (Å²) in [6.45, 7) is 3.62. The SMILES string of the molecule is Cc1ccccc1C(O)CNCc1ccccc1OCc1cccnc1. The molecule has 0 radical (unpaired) electrons. The van der Waals surface area contributed by atoms with Crippen LogP contribution in [0.2, 0.25) is 0 Å². The highest BCUT2D eigenvalue weighted by Gasteiger charge is 2.10. The van der Waals surface area contributed by atoms with Gasteiger partial charge in [-0.05, 0) is 30.2 Å². The molecule has 134 valence electrons. The fourth-order valence-corrected chi connectivity index (χ4v) is 2.85. The molecule has 0 aliphatic heterocycles. The van der Waals surface area contributed by atoms with Crippen LogP contribution >= 0.6 is 0 Å². The molecule has 1 atom stereocenters. The molecule has 4 heteroatoms. The first-order valence-electron chi connectivity index (χ1n) is 8.78. The first-order chi connectivity index (χ1) is 12.7. The molecule has 0 fully saturated rings. The number of hydrogen-bond acceptors (Lipinski definition) is 4. The van der Waals surface area contributed by atoms with Gasteiger partial charge in [-0.25, -0.2) is 0 Å². The number of aliphatic hydroxyl groups excluding tert-OH is 1. The molecule has 1 heterocycles. The standard InChI is InChI=1S/C22H24N2O2/c1-17-7-2-4-10-20(17)21(25)15-24-14-19-9-3-5-11-22(19)26-16-18-8-6-12-23-13-18/h2-13,21,24-25H,14-16H2,1H3. The molecule has 1 aromatic heterocycles. The maximum Gasteiger partial charge on any atom is 0.124 e. The molecule has 0 aliphatic carbocycles. The Morgan fingerprint density at radius 3 is 2.65 bits per heavy atom. The lowest BCUT2D eigenvalue weighted by atomic mass is 10.0. The summed E-state index contributed by atoms with van der Waals surface area (Å²) < 4.78 is 5.94. The van der Waals surface area contributed by atoms with E-state index >= 15 is 0 Å². The number of benzene rings is 2. The second-order valence-corrected chi connectivity index (χ2v) is 6.26. The number of nitrogens with zero attached hydrogens (tertiary/aromatic N) is 1. The Hall–Kier alpha value is -2.69. The van der Waals surface area contributed by atoms with E-state index in [4.69, 9.17) is 4.74 Å². The van der Waals surface area contributed by atoms with Crippen LogP contribution < -0.4 is 10.1 Å². The van der Waals surface area contributed by atoms with Gasteiger partial charge in [-0.3, -0.25) is 4.98 Å². The van der Waals surface area contributed by atoms with Crippen LogP contribution in [0.1, 0.15) is 28.4 Å². The molecular weight excluding hydrogens is 324 g/mol. The zero-order valence-electron chi connectivity index (χ0n) is 14.9. The zero-order valence-corrected chi connectivity index (χ0v) is 14.9. The third kappa shape index (κ3) is 4.91. The summed E-state index contributed by atoms with van der Waals surface area (Å²) in [5, 5.41) is 13.7.